The van der Waals surface area contributed by atoms with E-state index in [1.807, 2.05) is 78.9 Å². The Morgan fingerprint density at radius 3 is 1.58 bits per heavy atom. The molecule has 0 atom stereocenters. The number of hydrogen-bond acceptors (Lipinski definition) is 1. The van der Waals surface area contributed by atoms with Gasteiger partial charge in [-0.3, -0.25) is 0 Å². The van der Waals surface area contributed by atoms with Gasteiger partial charge in [-0.15, -0.1) is 0 Å². The van der Waals surface area contributed by atoms with Crippen molar-refractivity contribution >= 4 is 54.3 Å². The van der Waals surface area contributed by atoms with Crippen LogP contribution in [0.4, 0.5) is 0 Å². The second-order valence-corrected chi connectivity index (χ2v) is 13.4. The fraction of sp³-hybridized carbons (Fsp3) is 0. The molecule has 0 fully saturated rings. The third-order valence-corrected chi connectivity index (χ3v) is 10.4. The average molecular weight is 712 g/mol. The van der Waals surface area contributed by atoms with Crippen LogP contribution in [-0.2, 0) is 0 Å². The molecule has 0 spiro atoms. The molecule has 0 bridgehead atoms. The first-order valence-electron chi connectivity index (χ1n) is 24.4. The number of rotatable bonds is 5. The van der Waals surface area contributed by atoms with Crippen LogP contribution in [0, 0.1) is 0 Å². The van der Waals surface area contributed by atoms with Gasteiger partial charge in [0.25, 0.3) is 0 Å². The molecule has 0 unspecified atom stereocenters. The molecule has 1 heterocycles. The van der Waals surface area contributed by atoms with Gasteiger partial charge in [-0.1, -0.05) is 188 Å². The quantitative estimate of drug-likeness (QED) is 0.162. The fourth-order valence-corrected chi connectivity index (χ4v) is 7.99. The summed E-state index contributed by atoms with van der Waals surface area (Å²) < 4.78 is 125. The summed E-state index contributed by atoms with van der Waals surface area (Å²) in [6.45, 7) is 0. The van der Waals surface area contributed by atoms with Gasteiger partial charge >= 0.3 is 0 Å². The Morgan fingerprint density at radius 1 is 0.309 bits per heavy atom. The van der Waals surface area contributed by atoms with E-state index in [0.717, 1.165) is 38.6 Å². The smallest absolute Gasteiger partial charge is 0.136 e. The lowest BCUT2D eigenvalue weighted by Gasteiger charge is -2.22. The molecule has 0 amide bonds. The summed E-state index contributed by atoms with van der Waals surface area (Å²) >= 11 is 0. The maximum Gasteiger partial charge on any atom is 0.136 e. The molecule has 256 valence electrons. The maximum atomic E-state index is 9.65. The normalized spacial score (nSPS) is 14.9. The predicted octanol–water partition coefficient (Wildman–Crippen LogP) is 15.4. The maximum absolute atomic E-state index is 9.65. The van der Waals surface area contributed by atoms with Crippen LogP contribution in [0.1, 0.15) is 17.8 Å². The average Bonchev–Trinajstić information content (AvgIpc) is 3.74. The summed E-state index contributed by atoms with van der Waals surface area (Å²) in [5, 5.41) is 2.91. The number of fused-ring (bicyclic) bond motifs is 6. The molecule has 0 aliphatic carbocycles. The monoisotopic (exact) mass is 711 g/mol. The van der Waals surface area contributed by atoms with E-state index in [0.29, 0.717) is 21.9 Å². The van der Waals surface area contributed by atoms with Gasteiger partial charge in [0.2, 0.25) is 0 Å². The van der Waals surface area contributed by atoms with Crippen molar-refractivity contribution in [3.8, 4) is 55.6 Å². The van der Waals surface area contributed by atoms with Gasteiger partial charge in [-0.05, 0) is 106 Å². The van der Waals surface area contributed by atoms with Crippen molar-refractivity contribution in [3.05, 3.63) is 206 Å². The van der Waals surface area contributed by atoms with Crippen molar-refractivity contribution in [2.45, 2.75) is 0 Å². The molecule has 10 aromatic carbocycles. The van der Waals surface area contributed by atoms with Crippen LogP contribution in [0.3, 0.4) is 0 Å². The zero-order chi connectivity index (χ0) is 47.6. The summed E-state index contributed by atoms with van der Waals surface area (Å²) in [6, 6.07) is 32.3. The third kappa shape index (κ3) is 5.09. The van der Waals surface area contributed by atoms with E-state index >= 15 is 0 Å². The second kappa shape index (κ2) is 12.7. The van der Waals surface area contributed by atoms with Gasteiger partial charge in [0.05, 0.1) is 17.8 Å². The first-order chi connectivity index (χ1) is 32.7. The van der Waals surface area contributed by atoms with Crippen molar-refractivity contribution in [1.82, 2.24) is 0 Å². The van der Waals surface area contributed by atoms with Crippen molar-refractivity contribution in [1.29, 1.82) is 0 Å². The number of para-hydroxylation sites is 1. The lowest BCUT2D eigenvalue weighted by Crippen LogP contribution is -1.94. The third-order valence-electron chi connectivity index (χ3n) is 10.4. The topological polar surface area (TPSA) is 13.1 Å². The molecular weight excluding hydrogens is 665 g/mol. The Bertz CT molecular complexity index is 3900. The number of benzene rings is 10. The highest BCUT2D eigenvalue weighted by molar-refractivity contribution is 6.24. The Balaban J connectivity index is 1.25. The van der Waals surface area contributed by atoms with E-state index in [1.54, 1.807) is 48.5 Å². The molecule has 0 N–H and O–H groups in total. The van der Waals surface area contributed by atoms with Crippen LogP contribution < -0.4 is 0 Å². The molecule has 1 aromatic heterocycles. The van der Waals surface area contributed by atoms with Crippen LogP contribution in [0.15, 0.2) is 210 Å². The highest BCUT2D eigenvalue weighted by Gasteiger charge is 2.21. The first-order valence-corrected chi connectivity index (χ1v) is 17.9. The summed E-state index contributed by atoms with van der Waals surface area (Å²) in [7, 11) is 0. The molecule has 1 nitrogen and oxygen atoms in total. The van der Waals surface area contributed by atoms with Gasteiger partial charge < -0.3 is 4.42 Å². The number of hydrogen-bond donors (Lipinski definition) is 0. The summed E-state index contributed by atoms with van der Waals surface area (Å²) in [4.78, 5) is 0. The molecule has 11 rings (SSSR count). The lowest BCUT2D eigenvalue weighted by atomic mass is 9.81. The van der Waals surface area contributed by atoms with E-state index in [1.165, 1.54) is 0 Å². The van der Waals surface area contributed by atoms with Gasteiger partial charge in [0.1, 0.15) is 11.2 Å². The van der Waals surface area contributed by atoms with Crippen LogP contribution in [0.5, 0.6) is 0 Å². The molecule has 0 aliphatic heterocycles. The van der Waals surface area contributed by atoms with Crippen molar-refractivity contribution in [3.63, 3.8) is 0 Å². The van der Waals surface area contributed by atoms with E-state index in [2.05, 4.69) is 0 Å². The minimum atomic E-state index is -0.605. The van der Waals surface area contributed by atoms with Gasteiger partial charge in [0, 0.05) is 10.8 Å². The van der Waals surface area contributed by atoms with E-state index in [9.17, 15) is 5.48 Å². The molecule has 55 heavy (non-hydrogen) atoms. The van der Waals surface area contributed by atoms with Crippen LogP contribution in [0.2, 0.25) is 0 Å². The first kappa shape index (κ1) is 20.9. The van der Waals surface area contributed by atoms with E-state index in [-0.39, 0.29) is 49.4 Å². The molecule has 0 saturated carbocycles. The molecule has 0 aliphatic rings. The summed E-state index contributed by atoms with van der Waals surface area (Å²) in [5.74, 6) is 0. The fourth-order valence-electron chi connectivity index (χ4n) is 7.99. The minimum absolute atomic E-state index is 0.00595. The SMILES string of the molecule is [2H]c1c([2H])c([2H])c(-c2c(-c3c4c([2H])c([2H])c([2H])c([2H])c4c(-c4ccccc4-c4ccc(-c5ccc6c(c5)oc5ccccc56)cc4)c4c([2H])c([2H])c([2H])c([2H])c34)ccc3ccccc23)c([2H])c1[2H]. The zero-order valence-electron chi connectivity index (χ0n) is 42.0. The molecule has 1 heteroatoms. The summed E-state index contributed by atoms with van der Waals surface area (Å²) in [5.41, 5.74) is 5.39. The van der Waals surface area contributed by atoms with Crippen LogP contribution in [0.25, 0.3) is 110 Å². The van der Waals surface area contributed by atoms with Crippen molar-refractivity contribution in [2.75, 3.05) is 0 Å². The summed E-state index contributed by atoms with van der Waals surface area (Å²) in [6.07, 6.45) is 0. The van der Waals surface area contributed by atoms with E-state index in [4.69, 9.17) is 16.8 Å². The minimum Gasteiger partial charge on any atom is -0.456 e. The van der Waals surface area contributed by atoms with E-state index < -0.39 is 78.6 Å². The van der Waals surface area contributed by atoms with Gasteiger partial charge in [-0.2, -0.15) is 0 Å². The predicted molar refractivity (Wildman–Crippen MR) is 233 cm³/mol. The Morgan fingerprint density at radius 2 is 0.855 bits per heavy atom. The highest BCUT2D eigenvalue weighted by Crippen LogP contribution is 2.49. The second-order valence-electron chi connectivity index (χ2n) is 13.4. The number of furan rings is 1. The standard InChI is InChI=1S/C54H34O/c1-2-15-38(16-3-1)52-41-18-5-4-14-36(41)30-33-49(52)54-47-23-10-8-21-45(47)53(46-22-9-11-24-48(46)54)44-20-7-6-17-40(44)37-28-26-35(27-29-37)39-31-32-43-42-19-12-13-25-50(42)55-51(43)34-39/h1-34H/i1D,2D,3D,8D,9D,10D,11D,15D,16D,21D,22D,23D,24D. The van der Waals surface area contributed by atoms with Crippen LogP contribution >= 0.6 is 0 Å². The molecular formula is C54H34O. The van der Waals surface area contributed by atoms with Crippen LogP contribution in [-0.4, -0.2) is 0 Å². The highest BCUT2D eigenvalue weighted by atomic mass is 16.3. The van der Waals surface area contributed by atoms with Gasteiger partial charge in [-0.25, -0.2) is 0 Å². The van der Waals surface area contributed by atoms with Gasteiger partial charge in [0.15, 0.2) is 0 Å². The van der Waals surface area contributed by atoms with Crippen molar-refractivity contribution < 1.29 is 22.2 Å². The lowest BCUT2D eigenvalue weighted by molar-refractivity contribution is 0.669. The Hall–Kier alpha value is -7.22. The Kier molecular flexibility index (Phi) is 4.83. The Labute approximate surface area is 337 Å². The van der Waals surface area contributed by atoms with Crippen molar-refractivity contribution in [2.24, 2.45) is 0 Å². The molecule has 0 saturated heterocycles. The molecule has 11 aromatic rings. The zero-order valence-corrected chi connectivity index (χ0v) is 29.0. The largest absolute Gasteiger partial charge is 0.456 e. The molecule has 0 radical (unpaired) electrons.